The van der Waals surface area contributed by atoms with E-state index in [0.717, 1.165) is 24.6 Å². The third-order valence-electron chi connectivity index (χ3n) is 4.27. The number of anilines is 1. The summed E-state index contributed by atoms with van der Waals surface area (Å²) in [5.41, 5.74) is 1.27. The molecule has 0 aromatic carbocycles. The molecule has 0 unspecified atom stereocenters. The molecule has 3 aromatic rings. The standard InChI is InChI=1S/C18H18N6O/c25-18(16-14-15(5-8-19-16)24-9-3-7-21-24)23-12-10-22(11-13-23)17-4-1-2-6-20-17/h1-9,14H,10-13H2. The van der Waals surface area contributed by atoms with Gasteiger partial charge in [0.05, 0.1) is 5.69 Å². The van der Waals surface area contributed by atoms with Gasteiger partial charge in [-0.2, -0.15) is 5.10 Å². The number of pyridine rings is 2. The molecule has 0 aliphatic carbocycles. The number of rotatable bonds is 3. The molecule has 1 saturated heterocycles. The Morgan fingerprint density at radius 3 is 2.52 bits per heavy atom. The number of hydrogen-bond acceptors (Lipinski definition) is 5. The molecule has 1 aliphatic rings. The average molecular weight is 334 g/mol. The highest BCUT2D eigenvalue weighted by atomic mass is 16.2. The monoisotopic (exact) mass is 334 g/mol. The van der Waals surface area contributed by atoms with Gasteiger partial charge in [0.25, 0.3) is 5.91 Å². The van der Waals surface area contributed by atoms with Gasteiger partial charge in [-0.05, 0) is 30.3 Å². The van der Waals surface area contributed by atoms with E-state index in [1.165, 1.54) is 0 Å². The lowest BCUT2D eigenvalue weighted by Crippen LogP contribution is -2.49. The van der Waals surface area contributed by atoms with Crippen LogP contribution >= 0.6 is 0 Å². The smallest absolute Gasteiger partial charge is 0.272 e. The van der Waals surface area contributed by atoms with Crippen LogP contribution < -0.4 is 4.90 Å². The van der Waals surface area contributed by atoms with Gasteiger partial charge in [-0.25, -0.2) is 9.67 Å². The minimum absolute atomic E-state index is 0.0466. The molecule has 0 radical (unpaired) electrons. The summed E-state index contributed by atoms with van der Waals surface area (Å²) >= 11 is 0. The summed E-state index contributed by atoms with van der Waals surface area (Å²) in [6.07, 6.45) is 6.99. The van der Waals surface area contributed by atoms with Crippen molar-refractivity contribution in [3.8, 4) is 5.69 Å². The largest absolute Gasteiger partial charge is 0.353 e. The molecule has 0 atom stereocenters. The Morgan fingerprint density at radius 1 is 0.920 bits per heavy atom. The molecule has 4 heterocycles. The van der Waals surface area contributed by atoms with Crippen molar-refractivity contribution in [2.75, 3.05) is 31.1 Å². The van der Waals surface area contributed by atoms with Crippen molar-refractivity contribution in [1.29, 1.82) is 0 Å². The minimum Gasteiger partial charge on any atom is -0.353 e. The van der Waals surface area contributed by atoms with E-state index >= 15 is 0 Å². The quantitative estimate of drug-likeness (QED) is 0.728. The molecule has 126 valence electrons. The Kier molecular flexibility index (Phi) is 4.12. The van der Waals surface area contributed by atoms with E-state index in [-0.39, 0.29) is 5.91 Å². The van der Waals surface area contributed by atoms with Gasteiger partial charge in [0.15, 0.2) is 0 Å². The van der Waals surface area contributed by atoms with Gasteiger partial charge in [0, 0.05) is 51.0 Å². The number of carbonyl (C=O) groups excluding carboxylic acids is 1. The van der Waals surface area contributed by atoms with Crippen LogP contribution in [0.3, 0.4) is 0 Å². The van der Waals surface area contributed by atoms with Gasteiger partial charge < -0.3 is 9.80 Å². The molecule has 0 saturated carbocycles. The summed E-state index contributed by atoms with van der Waals surface area (Å²) in [5.74, 6) is 0.906. The van der Waals surface area contributed by atoms with Crippen molar-refractivity contribution in [2.24, 2.45) is 0 Å². The third-order valence-corrected chi connectivity index (χ3v) is 4.27. The van der Waals surface area contributed by atoms with Crippen molar-refractivity contribution in [3.63, 3.8) is 0 Å². The maximum absolute atomic E-state index is 12.8. The number of carbonyl (C=O) groups is 1. The van der Waals surface area contributed by atoms with Crippen molar-refractivity contribution >= 4 is 11.7 Å². The number of piperazine rings is 1. The molecule has 0 spiro atoms. The predicted molar refractivity (Wildman–Crippen MR) is 93.7 cm³/mol. The lowest BCUT2D eigenvalue weighted by molar-refractivity contribution is 0.0740. The molecule has 3 aromatic heterocycles. The summed E-state index contributed by atoms with van der Waals surface area (Å²) < 4.78 is 1.72. The lowest BCUT2D eigenvalue weighted by Gasteiger charge is -2.35. The highest BCUT2D eigenvalue weighted by molar-refractivity contribution is 5.93. The maximum Gasteiger partial charge on any atom is 0.272 e. The summed E-state index contributed by atoms with van der Waals surface area (Å²) in [6.45, 7) is 2.84. The van der Waals surface area contributed by atoms with Crippen molar-refractivity contribution in [2.45, 2.75) is 0 Å². The SMILES string of the molecule is O=C(c1cc(-n2cccn2)ccn1)N1CCN(c2ccccn2)CC1. The Bertz CT molecular complexity index is 841. The highest BCUT2D eigenvalue weighted by Crippen LogP contribution is 2.15. The summed E-state index contributed by atoms with van der Waals surface area (Å²) in [5, 5.41) is 4.19. The van der Waals surface area contributed by atoms with Gasteiger partial charge >= 0.3 is 0 Å². The first-order valence-corrected chi connectivity index (χ1v) is 8.22. The van der Waals surface area contributed by atoms with E-state index < -0.39 is 0 Å². The second-order valence-corrected chi connectivity index (χ2v) is 5.82. The molecule has 1 aliphatic heterocycles. The predicted octanol–water partition coefficient (Wildman–Crippen LogP) is 1.62. The van der Waals surface area contributed by atoms with Crippen LogP contribution in [0.15, 0.2) is 61.2 Å². The second kappa shape index (κ2) is 6.72. The molecule has 4 rings (SSSR count). The lowest BCUT2D eigenvalue weighted by atomic mass is 10.2. The fraction of sp³-hybridized carbons (Fsp3) is 0.222. The van der Waals surface area contributed by atoms with Crippen LogP contribution in [0.4, 0.5) is 5.82 Å². The van der Waals surface area contributed by atoms with Crippen LogP contribution in [0, 0.1) is 0 Å². The Morgan fingerprint density at radius 2 is 1.80 bits per heavy atom. The second-order valence-electron chi connectivity index (χ2n) is 5.82. The van der Waals surface area contributed by atoms with Crippen LogP contribution in [0.1, 0.15) is 10.5 Å². The summed E-state index contributed by atoms with van der Waals surface area (Å²) in [4.78, 5) is 25.4. The normalized spacial score (nSPS) is 14.6. The van der Waals surface area contributed by atoms with Crippen molar-refractivity contribution in [3.05, 3.63) is 66.9 Å². The van der Waals surface area contributed by atoms with E-state index in [9.17, 15) is 4.79 Å². The molecular formula is C18H18N6O. The van der Waals surface area contributed by atoms with Crippen molar-refractivity contribution < 1.29 is 4.79 Å². The number of aromatic nitrogens is 4. The van der Waals surface area contributed by atoms with Gasteiger partial charge in [-0.15, -0.1) is 0 Å². The van der Waals surface area contributed by atoms with E-state index in [2.05, 4.69) is 20.0 Å². The molecule has 0 N–H and O–H groups in total. The van der Waals surface area contributed by atoms with Gasteiger partial charge in [-0.1, -0.05) is 6.07 Å². The highest BCUT2D eigenvalue weighted by Gasteiger charge is 2.23. The Hall–Kier alpha value is -3.22. The summed E-state index contributed by atoms with van der Waals surface area (Å²) in [6, 6.07) is 11.3. The van der Waals surface area contributed by atoms with Gasteiger partial charge in [0.1, 0.15) is 11.5 Å². The first-order valence-electron chi connectivity index (χ1n) is 8.22. The number of nitrogens with zero attached hydrogens (tertiary/aromatic N) is 6. The Labute approximate surface area is 145 Å². The molecule has 0 bridgehead atoms. The van der Waals surface area contributed by atoms with E-state index in [4.69, 9.17) is 0 Å². The molecule has 25 heavy (non-hydrogen) atoms. The van der Waals surface area contributed by atoms with Crippen LogP contribution in [-0.4, -0.2) is 56.7 Å². The van der Waals surface area contributed by atoms with E-state index in [1.807, 2.05) is 41.4 Å². The van der Waals surface area contributed by atoms with Gasteiger partial charge in [0.2, 0.25) is 0 Å². The topological polar surface area (TPSA) is 67.2 Å². The summed E-state index contributed by atoms with van der Waals surface area (Å²) in [7, 11) is 0. The first-order chi connectivity index (χ1) is 12.3. The zero-order valence-electron chi connectivity index (χ0n) is 13.7. The zero-order valence-corrected chi connectivity index (χ0v) is 13.7. The van der Waals surface area contributed by atoms with E-state index in [0.29, 0.717) is 18.8 Å². The fourth-order valence-corrected chi connectivity index (χ4v) is 2.94. The Balaban J connectivity index is 1.45. The van der Waals surface area contributed by atoms with Crippen LogP contribution in [0.5, 0.6) is 0 Å². The van der Waals surface area contributed by atoms with E-state index in [1.54, 1.807) is 29.3 Å². The molecular weight excluding hydrogens is 316 g/mol. The fourth-order valence-electron chi connectivity index (χ4n) is 2.94. The number of amides is 1. The third kappa shape index (κ3) is 3.21. The number of hydrogen-bond donors (Lipinski definition) is 0. The average Bonchev–Trinajstić information content (AvgIpc) is 3.23. The van der Waals surface area contributed by atoms with Gasteiger partial charge in [-0.3, -0.25) is 9.78 Å². The minimum atomic E-state index is -0.0466. The van der Waals surface area contributed by atoms with Crippen LogP contribution in [0.2, 0.25) is 0 Å². The molecule has 7 heteroatoms. The zero-order chi connectivity index (χ0) is 17.1. The molecule has 1 fully saturated rings. The molecule has 1 amide bonds. The van der Waals surface area contributed by atoms with Crippen LogP contribution in [-0.2, 0) is 0 Å². The first kappa shape index (κ1) is 15.3. The maximum atomic E-state index is 12.8. The van der Waals surface area contributed by atoms with Crippen molar-refractivity contribution in [1.82, 2.24) is 24.6 Å². The van der Waals surface area contributed by atoms with Crippen LogP contribution in [0.25, 0.3) is 5.69 Å². The molecule has 7 nitrogen and oxygen atoms in total.